The summed E-state index contributed by atoms with van der Waals surface area (Å²) in [5.41, 5.74) is 0.326. The van der Waals surface area contributed by atoms with E-state index in [1.165, 1.54) is 0 Å². The normalized spacial score (nSPS) is 11.0. The zero-order valence-electron chi connectivity index (χ0n) is 8.64. The van der Waals surface area contributed by atoms with Crippen LogP contribution in [0.15, 0.2) is 0 Å². The molecule has 0 saturated heterocycles. The highest BCUT2D eigenvalue weighted by atomic mass is 35.5. The van der Waals surface area contributed by atoms with Crippen molar-refractivity contribution in [2.45, 2.75) is 39.5 Å². The molecule has 0 N–H and O–H groups in total. The lowest BCUT2D eigenvalue weighted by Crippen LogP contribution is -2.06. The maximum Gasteiger partial charge on any atom is 0.181 e. The monoisotopic (exact) mass is 216 g/mol. The molecule has 14 heavy (non-hydrogen) atoms. The van der Waals surface area contributed by atoms with Crippen LogP contribution < -0.4 is 0 Å². The van der Waals surface area contributed by atoms with E-state index in [2.05, 4.69) is 23.8 Å². The van der Waals surface area contributed by atoms with Crippen molar-refractivity contribution in [2.24, 2.45) is 0 Å². The summed E-state index contributed by atoms with van der Waals surface area (Å²) < 4.78 is 13.1. The Morgan fingerprint density at radius 2 is 1.86 bits per heavy atom. The molecule has 0 aliphatic rings. The predicted octanol–water partition coefficient (Wildman–Crippen LogP) is 3.48. The molecule has 1 rings (SSSR count). The fourth-order valence-corrected chi connectivity index (χ4v) is 1.60. The van der Waals surface area contributed by atoms with Crippen molar-refractivity contribution >= 4 is 11.6 Å². The number of hydrogen-bond donors (Lipinski definition) is 0. The highest BCUT2D eigenvalue weighted by Crippen LogP contribution is 2.23. The van der Waals surface area contributed by atoms with Gasteiger partial charge in [0.2, 0.25) is 0 Å². The van der Waals surface area contributed by atoms with Gasteiger partial charge >= 0.3 is 0 Å². The Hall–Kier alpha value is -0.700. The van der Waals surface area contributed by atoms with Gasteiger partial charge in [0.1, 0.15) is 5.82 Å². The first kappa shape index (κ1) is 11.4. The third-order valence-electron chi connectivity index (χ3n) is 2.34. The molecule has 0 aliphatic carbocycles. The number of aryl methyl sites for hydroxylation is 1. The molecular weight excluding hydrogens is 203 g/mol. The molecule has 0 aliphatic heterocycles. The minimum absolute atomic E-state index is 0.0700. The highest BCUT2D eigenvalue weighted by Gasteiger charge is 2.15. The maximum atomic E-state index is 13.1. The second-order valence-electron chi connectivity index (χ2n) is 3.29. The van der Waals surface area contributed by atoms with E-state index in [1.807, 2.05) is 0 Å². The van der Waals surface area contributed by atoms with Crippen molar-refractivity contribution in [3.05, 3.63) is 22.5 Å². The predicted molar refractivity (Wildman–Crippen MR) is 55.1 cm³/mol. The van der Waals surface area contributed by atoms with Crippen LogP contribution in [0.2, 0.25) is 5.15 Å². The third-order valence-corrected chi connectivity index (χ3v) is 2.59. The Balaban J connectivity index is 3.11. The average molecular weight is 217 g/mol. The SMILES string of the molecule is CCC(CC)c1nc(C)c(F)c(Cl)n1. The van der Waals surface area contributed by atoms with E-state index in [0.717, 1.165) is 12.8 Å². The van der Waals surface area contributed by atoms with Crippen molar-refractivity contribution in [3.8, 4) is 0 Å². The van der Waals surface area contributed by atoms with Gasteiger partial charge in [-0.15, -0.1) is 0 Å². The Morgan fingerprint density at radius 1 is 1.29 bits per heavy atom. The molecule has 1 aromatic rings. The van der Waals surface area contributed by atoms with E-state index in [9.17, 15) is 4.39 Å². The molecule has 0 aromatic carbocycles. The van der Waals surface area contributed by atoms with Gasteiger partial charge in [0.15, 0.2) is 11.0 Å². The first-order valence-electron chi connectivity index (χ1n) is 4.79. The van der Waals surface area contributed by atoms with Crippen LogP contribution in [-0.4, -0.2) is 9.97 Å². The number of aromatic nitrogens is 2. The minimum atomic E-state index is -0.513. The lowest BCUT2D eigenvalue weighted by Gasteiger charge is -2.11. The summed E-state index contributed by atoms with van der Waals surface area (Å²) in [5.74, 6) is 0.409. The van der Waals surface area contributed by atoms with Gasteiger partial charge in [-0.25, -0.2) is 14.4 Å². The number of rotatable bonds is 3. The van der Waals surface area contributed by atoms with Gasteiger partial charge in [0.25, 0.3) is 0 Å². The molecule has 0 radical (unpaired) electrons. The molecule has 0 amide bonds. The smallest absolute Gasteiger partial charge is 0.181 e. The van der Waals surface area contributed by atoms with Crippen LogP contribution in [0.25, 0.3) is 0 Å². The lowest BCUT2D eigenvalue weighted by molar-refractivity contribution is 0.563. The zero-order chi connectivity index (χ0) is 10.7. The van der Waals surface area contributed by atoms with Crippen molar-refractivity contribution in [1.29, 1.82) is 0 Å². The van der Waals surface area contributed by atoms with Crippen molar-refractivity contribution in [1.82, 2.24) is 9.97 Å². The van der Waals surface area contributed by atoms with Gasteiger partial charge < -0.3 is 0 Å². The molecule has 1 heterocycles. The molecule has 0 spiro atoms. The minimum Gasteiger partial charge on any atom is -0.235 e. The van der Waals surface area contributed by atoms with E-state index < -0.39 is 5.82 Å². The molecule has 4 heteroatoms. The van der Waals surface area contributed by atoms with E-state index in [-0.39, 0.29) is 11.1 Å². The van der Waals surface area contributed by atoms with Crippen LogP contribution in [0.5, 0.6) is 0 Å². The van der Waals surface area contributed by atoms with Crippen molar-refractivity contribution < 1.29 is 4.39 Å². The first-order chi connectivity index (χ1) is 6.60. The standard InChI is InChI=1S/C10H14ClFN2/c1-4-7(5-2)10-13-6(3)8(12)9(11)14-10/h7H,4-5H2,1-3H3. The lowest BCUT2D eigenvalue weighted by atomic mass is 10.0. The average Bonchev–Trinajstić information content (AvgIpc) is 2.16. The summed E-state index contributed by atoms with van der Waals surface area (Å²) in [5, 5.41) is -0.0700. The molecule has 1 aromatic heterocycles. The van der Waals surface area contributed by atoms with Crippen LogP contribution in [0.3, 0.4) is 0 Å². The quantitative estimate of drug-likeness (QED) is 0.723. The molecular formula is C10H14ClFN2. The Morgan fingerprint density at radius 3 is 2.29 bits per heavy atom. The largest absolute Gasteiger partial charge is 0.235 e. The molecule has 0 saturated carbocycles. The number of nitrogens with zero attached hydrogens (tertiary/aromatic N) is 2. The van der Waals surface area contributed by atoms with Crippen LogP contribution in [0, 0.1) is 12.7 Å². The number of hydrogen-bond acceptors (Lipinski definition) is 2. The van der Waals surface area contributed by atoms with Gasteiger partial charge in [0, 0.05) is 5.92 Å². The molecule has 0 bridgehead atoms. The molecule has 78 valence electrons. The summed E-state index contributed by atoms with van der Waals surface area (Å²) in [6, 6.07) is 0. The van der Waals surface area contributed by atoms with Crippen molar-refractivity contribution in [3.63, 3.8) is 0 Å². The highest BCUT2D eigenvalue weighted by molar-refractivity contribution is 6.29. The van der Waals surface area contributed by atoms with Crippen LogP contribution in [0.1, 0.15) is 44.1 Å². The summed E-state index contributed by atoms with van der Waals surface area (Å²) in [6.45, 7) is 5.73. The molecule has 0 unspecified atom stereocenters. The zero-order valence-corrected chi connectivity index (χ0v) is 9.40. The summed E-state index contributed by atoms with van der Waals surface area (Å²) in [4.78, 5) is 8.06. The van der Waals surface area contributed by atoms with Gasteiger partial charge in [-0.05, 0) is 19.8 Å². The Labute approximate surface area is 88.5 Å². The molecule has 2 nitrogen and oxygen atoms in total. The van der Waals surface area contributed by atoms with E-state index in [4.69, 9.17) is 11.6 Å². The third kappa shape index (κ3) is 2.21. The van der Waals surface area contributed by atoms with Crippen molar-refractivity contribution in [2.75, 3.05) is 0 Å². The van der Waals surface area contributed by atoms with Gasteiger partial charge in [-0.3, -0.25) is 0 Å². The molecule has 0 fully saturated rings. The summed E-state index contributed by atoms with van der Waals surface area (Å²) >= 11 is 5.65. The van der Waals surface area contributed by atoms with Crippen LogP contribution >= 0.6 is 11.6 Å². The van der Waals surface area contributed by atoms with E-state index >= 15 is 0 Å². The second-order valence-corrected chi connectivity index (χ2v) is 3.64. The summed E-state index contributed by atoms with van der Waals surface area (Å²) in [6.07, 6.45) is 1.88. The maximum absolute atomic E-state index is 13.1. The van der Waals surface area contributed by atoms with Crippen LogP contribution in [-0.2, 0) is 0 Å². The van der Waals surface area contributed by atoms with E-state index in [0.29, 0.717) is 11.5 Å². The summed E-state index contributed by atoms with van der Waals surface area (Å²) in [7, 11) is 0. The van der Waals surface area contributed by atoms with Crippen LogP contribution in [0.4, 0.5) is 4.39 Å². The topological polar surface area (TPSA) is 25.8 Å². The van der Waals surface area contributed by atoms with E-state index in [1.54, 1.807) is 6.92 Å². The molecule has 0 atom stereocenters. The second kappa shape index (κ2) is 4.69. The fraction of sp³-hybridized carbons (Fsp3) is 0.600. The first-order valence-corrected chi connectivity index (χ1v) is 5.17. The van der Waals surface area contributed by atoms with Gasteiger partial charge in [-0.1, -0.05) is 25.4 Å². The Kier molecular flexibility index (Phi) is 3.81. The fourth-order valence-electron chi connectivity index (χ4n) is 1.38. The Bertz CT molecular complexity index is 301. The van der Waals surface area contributed by atoms with Gasteiger partial charge in [0.05, 0.1) is 5.69 Å². The van der Waals surface area contributed by atoms with Gasteiger partial charge in [-0.2, -0.15) is 0 Å². The number of halogens is 2.